The van der Waals surface area contributed by atoms with Gasteiger partial charge in [-0.3, -0.25) is 0 Å². The van der Waals surface area contributed by atoms with Gasteiger partial charge >= 0.3 is 0 Å². The van der Waals surface area contributed by atoms with Crippen molar-refractivity contribution in [3.63, 3.8) is 0 Å². The predicted molar refractivity (Wildman–Crippen MR) is 66.7 cm³/mol. The van der Waals surface area contributed by atoms with Gasteiger partial charge in [0.1, 0.15) is 17.3 Å². The molecule has 0 fully saturated rings. The first-order chi connectivity index (χ1) is 9.24. The van der Waals surface area contributed by atoms with Crippen molar-refractivity contribution >= 4 is 0 Å². The number of nitrogens with zero attached hydrogens (tertiary/aromatic N) is 3. The number of rotatable bonds is 2. The smallest absolute Gasteiger partial charge is 0.135 e. The quantitative estimate of drug-likeness (QED) is 0.705. The van der Waals surface area contributed by atoms with Crippen molar-refractivity contribution < 1.29 is 8.78 Å². The van der Waals surface area contributed by atoms with Crippen LogP contribution >= 0.6 is 0 Å². The molecule has 5 heteroatoms. The summed E-state index contributed by atoms with van der Waals surface area (Å²) in [7, 11) is 0. The highest BCUT2D eigenvalue weighted by Crippen LogP contribution is 2.21. The predicted octanol–water partition coefficient (Wildman–Crippen LogP) is 3.21. The molecule has 2 aromatic carbocycles. The van der Waals surface area contributed by atoms with Gasteiger partial charge in [0, 0.05) is 11.6 Å². The Morgan fingerprint density at radius 1 is 0.947 bits per heavy atom. The fraction of sp³-hybridized carbons (Fsp3) is 0. The van der Waals surface area contributed by atoms with Crippen LogP contribution in [0.3, 0.4) is 0 Å². The largest absolute Gasteiger partial charge is 0.207 e. The van der Waals surface area contributed by atoms with Gasteiger partial charge in [-0.2, -0.15) is 9.90 Å². The zero-order valence-electron chi connectivity index (χ0n) is 9.79. The van der Waals surface area contributed by atoms with Crippen LogP contribution in [0.2, 0.25) is 0 Å². The molecule has 94 valence electrons. The van der Waals surface area contributed by atoms with Crippen LogP contribution in [0.15, 0.2) is 54.7 Å². The molecule has 3 rings (SSSR count). The lowest BCUT2D eigenvalue weighted by atomic mass is 10.1. The zero-order chi connectivity index (χ0) is 13.2. The van der Waals surface area contributed by atoms with E-state index in [0.29, 0.717) is 5.69 Å². The van der Waals surface area contributed by atoms with E-state index in [-0.39, 0.29) is 5.56 Å². The normalized spacial score (nSPS) is 10.6. The Kier molecular flexibility index (Phi) is 2.79. The lowest BCUT2D eigenvalue weighted by molar-refractivity contribution is 0.585. The Bertz CT molecular complexity index is 708. The number of hydrogen-bond donors (Lipinski definition) is 0. The lowest BCUT2D eigenvalue weighted by Gasteiger charge is -1.99. The Balaban J connectivity index is 2.02. The third-order valence-corrected chi connectivity index (χ3v) is 2.69. The maximum absolute atomic E-state index is 13.6. The SMILES string of the molecule is Fc1ccc(-c2cnn(-c3ccccc3)n2)c(F)c1. The molecule has 0 amide bonds. The van der Waals surface area contributed by atoms with Gasteiger partial charge < -0.3 is 0 Å². The van der Waals surface area contributed by atoms with Crippen molar-refractivity contribution in [2.24, 2.45) is 0 Å². The van der Waals surface area contributed by atoms with Crippen LogP contribution in [0.5, 0.6) is 0 Å². The van der Waals surface area contributed by atoms with Gasteiger partial charge in [-0.05, 0) is 24.3 Å². The van der Waals surface area contributed by atoms with Crippen molar-refractivity contribution in [3.05, 3.63) is 66.4 Å². The first-order valence-corrected chi connectivity index (χ1v) is 5.67. The summed E-state index contributed by atoms with van der Waals surface area (Å²) in [6.07, 6.45) is 1.45. The third kappa shape index (κ3) is 2.22. The number of hydrogen-bond acceptors (Lipinski definition) is 2. The van der Waals surface area contributed by atoms with E-state index in [9.17, 15) is 8.78 Å². The minimum absolute atomic E-state index is 0.226. The lowest BCUT2D eigenvalue weighted by Crippen LogP contribution is -1.98. The van der Waals surface area contributed by atoms with E-state index in [2.05, 4.69) is 10.2 Å². The van der Waals surface area contributed by atoms with Gasteiger partial charge in [-0.25, -0.2) is 8.78 Å². The summed E-state index contributed by atoms with van der Waals surface area (Å²) < 4.78 is 26.5. The molecule has 0 unspecified atom stereocenters. The highest BCUT2D eigenvalue weighted by Gasteiger charge is 2.10. The Morgan fingerprint density at radius 2 is 1.74 bits per heavy atom. The van der Waals surface area contributed by atoms with Crippen molar-refractivity contribution in [2.75, 3.05) is 0 Å². The molecule has 3 aromatic rings. The fourth-order valence-electron chi connectivity index (χ4n) is 1.77. The summed E-state index contributed by atoms with van der Waals surface area (Å²) in [5.74, 6) is -1.27. The molecule has 0 bridgehead atoms. The molecule has 1 heterocycles. The molecule has 0 atom stereocenters. The minimum Gasteiger partial charge on any atom is -0.207 e. The molecule has 0 spiro atoms. The van der Waals surface area contributed by atoms with Crippen LogP contribution in [-0.4, -0.2) is 15.0 Å². The maximum atomic E-state index is 13.6. The molecule has 0 aliphatic rings. The average Bonchev–Trinajstić information content (AvgIpc) is 2.89. The summed E-state index contributed by atoms with van der Waals surface area (Å²) in [6.45, 7) is 0. The Hall–Kier alpha value is -2.56. The summed E-state index contributed by atoms with van der Waals surface area (Å²) in [6, 6.07) is 12.7. The topological polar surface area (TPSA) is 30.7 Å². The first kappa shape index (κ1) is 11.5. The van der Waals surface area contributed by atoms with Crippen molar-refractivity contribution in [1.29, 1.82) is 0 Å². The molecular weight excluding hydrogens is 248 g/mol. The molecule has 1 aromatic heterocycles. The fourth-order valence-corrected chi connectivity index (χ4v) is 1.77. The van der Waals surface area contributed by atoms with E-state index in [1.807, 2.05) is 30.3 Å². The molecule has 19 heavy (non-hydrogen) atoms. The second kappa shape index (κ2) is 4.61. The van der Waals surface area contributed by atoms with Crippen LogP contribution in [0.4, 0.5) is 8.78 Å². The van der Waals surface area contributed by atoms with E-state index < -0.39 is 11.6 Å². The molecule has 0 aliphatic heterocycles. The van der Waals surface area contributed by atoms with Crippen molar-refractivity contribution in [2.45, 2.75) is 0 Å². The second-order valence-corrected chi connectivity index (χ2v) is 3.98. The number of halogens is 2. The van der Waals surface area contributed by atoms with Gasteiger partial charge in [-0.15, -0.1) is 5.10 Å². The third-order valence-electron chi connectivity index (χ3n) is 2.69. The van der Waals surface area contributed by atoms with Gasteiger partial charge in [0.15, 0.2) is 0 Å². The molecule has 0 saturated heterocycles. The number of para-hydroxylation sites is 1. The van der Waals surface area contributed by atoms with Crippen molar-refractivity contribution in [1.82, 2.24) is 15.0 Å². The van der Waals surface area contributed by atoms with Crippen LogP contribution in [0.25, 0.3) is 16.9 Å². The first-order valence-electron chi connectivity index (χ1n) is 5.67. The van der Waals surface area contributed by atoms with Crippen LogP contribution in [0, 0.1) is 11.6 Å². The van der Waals surface area contributed by atoms with E-state index in [1.165, 1.54) is 23.1 Å². The molecule has 3 nitrogen and oxygen atoms in total. The molecular formula is C14H9F2N3. The van der Waals surface area contributed by atoms with Gasteiger partial charge in [-0.1, -0.05) is 18.2 Å². The van der Waals surface area contributed by atoms with Crippen LogP contribution < -0.4 is 0 Å². The number of aromatic nitrogens is 3. The monoisotopic (exact) mass is 257 g/mol. The number of benzene rings is 2. The highest BCUT2D eigenvalue weighted by molar-refractivity contribution is 5.58. The summed E-state index contributed by atoms with van der Waals surface area (Å²) >= 11 is 0. The van der Waals surface area contributed by atoms with Gasteiger partial charge in [0.25, 0.3) is 0 Å². The van der Waals surface area contributed by atoms with E-state index in [4.69, 9.17) is 0 Å². The second-order valence-electron chi connectivity index (χ2n) is 3.98. The van der Waals surface area contributed by atoms with E-state index in [1.54, 1.807) is 0 Å². The molecule has 0 N–H and O–H groups in total. The molecule has 0 radical (unpaired) electrons. The van der Waals surface area contributed by atoms with Crippen LogP contribution in [-0.2, 0) is 0 Å². The molecule has 0 saturated carbocycles. The van der Waals surface area contributed by atoms with E-state index in [0.717, 1.165) is 11.8 Å². The van der Waals surface area contributed by atoms with Gasteiger partial charge in [0.2, 0.25) is 0 Å². The van der Waals surface area contributed by atoms with Gasteiger partial charge in [0.05, 0.1) is 11.9 Å². The summed E-state index contributed by atoms with van der Waals surface area (Å²) in [4.78, 5) is 1.40. The van der Waals surface area contributed by atoms with Crippen molar-refractivity contribution in [3.8, 4) is 16.9 Å². The average molecular weight is 257 g/mol. The summed E-state index contributed by atoms with van der Waals surface area (Å²) in [5.41, 5.74) is 1.36. The van der Waals surface area contributed by atoms with Crippen LogP contribution in [0.1, 0.15) is 0 Å². The van der Waals surface area contributed by atoms with E-state index >= 15 is 0 Å². The highest BCUT2D eigenvalue weighted by atomic mass is 19.1. The molecule has 0 aliphatic carbocycles. The standard InChI is InChI=1S/C14H9F2N3/c15-10-6-7-12(13(16)8-10)14-9-17-19(18-14)11-4-2-1-3-5-11/h1-9H. The summed E-state index contributed by atoms with van der Waals surface area (Å²) in [5, 5.41) is 8.26. The minimum atomic E-state index is -0.653. The maximum Gasteiger partial charge on any atom is 0.135 e. The zero-order valence-corrected chi connectivity index (χ0v) is 9.79. The Labute approximate surface area is 108 Å². The Morgan fingerprint density at radius 3 is 2.47 bits per heavy atom.